The first-order valence-corrected chi connectivity index (χ1v) is 8.84. The van der Waals surface area contributed by atoms with Gasteiger partial charge in [-0.25, -0.2) is 0 Å². The molecular weight excluding hydrogens is 320 g/mol. The maximum atomic E-state index is 12.5. The Labute approximate surface area is 155 Å². The minimum absolute atomic E-state index is 0.0262. The molecule has 132 valence electrons. The van der Waals surface area contributed by atoms with Gasteiger partial charge in [0.2, 0.25) is 5.91 Å². The number of aryl methyl sites for hydroxylation is 1. The lowest BCUT2D eigenvalue weighted by Crippen LogP contribution is -2.32. The van der Waals surface area contributed by atoms with Gasteiger partial charge >= 0.3 is 0 Å². The highest BCUT2D eigenvalue weighted by Crippen LogP contribution is 2.22. The third kappa shape index (κ3) is 4.38. The van der Waals surface area contributed by atoms with Gasteiger partial charge in [0.05, 0.1) is 12.6 Å². The molecule has 0 atom stereocenters. The van der Waals surface area contributed by atoms with Crippen LogP contribution in [0.2, 0.25) is 0 Å². The Morgan fingerprint density at radius 2 is 1.38 bits per heavy atom. The van der Waals surface area contributed by atoms with Gasteiger partial charge in [-0.2, -0.15) is 0 Å². The highest BCUT2D eigenvalue weighted by atomic mass is 16.1. The fourth-order valence-electron chi connectivity index (χ4n) is 2.99. The van der Waals surface area contributed by atoms with E-state index >= 15 is 0 Å². The topological polar surface area (TPSA) is 41.1 Å². The van der Waals surface area contributed by atoms with Crippen molar-refractivity contribution in [3.05, 3.63) is 101 Å². The van der Waals surface area contributed by atoms with Crippen LogP contribution < -0.4 is 10.6 Å². The molecule has 0 bridgehead atoms. The number of benzene rings is 3. The number of rotatable bonds is 6. The van der Waals surface area contributed by atoms with E-state index in [9.17, 15) is 4.79 Å². The molecule has 2 N–H and O–H groups in total. The number of carbonyl (C=O) groups excluding carboxylic acids is 1. The molecule has 3 aromatic carbocycles. The van der Waals surface area contributed by atoms with E-state index in [-0.39, 0.29) is 18.5 Å². The molecule has 0 aliphatic rings. The first-order chi connectivity index (χ1) is 12.6. The van der Waals surface area contributed by atoms with Crippen molar-refractivity contribution in [1.29, 1.82) is 0 Å². The predicted molar refractivity (Wildman–Crippen MR) is 107 cm³/mol. The van der Waals surface area contributed by atoms with Crippen molar-refractivity contribution in [3.63, 3.8) is 0 Å². The molecule has 3 rings (SSSR count). The molecule has 0 unspecified atom stereocenters. The summed E-state index contributed by atoms with van der Waals surface area (Å²) in [5.74, 6) is -0.0458. The Morgan fingerprint density at radius 1 is 0.808 bits per heavy atom. The second kappa shape index (κ2) is 8.45. The molecule has 0 aliphatic carbocycles. The number of amides is 1. The average Bonchev–Trinajstić information content (AvgIpc) is 2.67. The fraction of sp³-hybridized carbons (Fsp3) is 0.174. The molecular formula is C23H24N2O. The molecule has 0 fully saturated rings. The highest BCUT2D eigenvalue weighted by Gasteiger charge is 2.15. The van der Waals surface area contributed by atoms with Gasteiger partial charge in [-0.3, -0.25) is 10.1 Å². The summed E-state index contributed by atoms with van der Waals surface area (Å²) in [6.45, 7) is 4.31. The zero-order chi connectivity index (χ0) is 18.4. The smallest absolute Gasteiger partial charge is 0.238 e. The van der Waals surface area contributed by atoms with Gasteiger partial charge in [0.1, 0.15) is 0 Å². The Bertz CT molecular complexity index is 820. The van der Waals surface area contributed by atoms with Crippen molar-refractivity contribution in [3.8, 4) is 0 Å². The first-order valence-electron chi connectivity index (χ1n) is 8.84. The largest absolute Gasteiger partial charge is 0.325 e. The van der Waals surface area contributed by atoms with Crippen LogP contribution in [-0.4, -0.2) is 12.5 Å². The monoisotopic (exact) mass is 344 g/mol. The molecule has 1 amide bonds. The van der Waals surface area contributed by atoms with Crippen LogP contribution in [0.4, 0.5) is 5.69 Å². The van der Waals surface area contributed by atoms with E-state index in [2.05, 4.69) is 34.9 Å². The summed E-state index contributed by atoms with van der Waals surface area (Å²) < 4.78 is 0. The molecule has 0 aromatic heterocycles. The Morgan fingerprint density at radius 3 is 1.96 bits per heavy atom. The lowest BCUT2D eigenvalue weighted by Gasteiger charge is -2.20. The molecule has 0 heterocycles. The van der Waals surface area contributed by atoms with Crippen molar-refractivity contribution in [2.45, 2.75) is 19.9 Å². The third-order valence-corrected chi connectivity index (χ3v) is 4.61. The predicted octanol–water partition coefficient (Wildman–Crippen LogP) is 4.62. The van der Waals surface area contributed by atoms with Gasteiger partial charge in [-0.1, -0.05) is 72.8 Å². The van der Waals surface area contributed by atoms with Crippen LogP contribution in [0.15, 0.2) is 78.9 Å². The molecule has 0 aliphatic heterocycles. The van der Waals surface area contributed by atoms with Crippen LogP contribution >= 0.6 is 0 Å². The summed E-state index contributed by atoms with van der Waals surface area (Å²) >= 11 is 0. The summed E-state index contributed by atoms with van der Waals surface area (Å²) in [7, 11) is 0. The molecule has 0 saturated heterocycles. The number of anilines is 1. The van der Waals surface area contributed by atoms with Gasteiger partial charge in [0.15, 0.2) is 0 Å². The highest BCUT2D eigenvalue weighted by molar-refractivity contribution is 5.93. The third-order valence-electron chi connectivity index (χ3n) is 4.61. The minimum Gasteiger partial charge on any atom is -0.325 e. The van der Waals surface area contributed by atoms with Crippen LogP contribution in [0, 0.1) is 13.8 Å². The average molecular weight is 344 g/mol. The Balaban J connectivity index is 1.72. The van der Waals surface area contributed by atoms with Crippen molar-refractivity contribution in [1.82, 2.24) is 5.32 Å². The molecule has 3 heteroatoms. The summed E-state index contributed by atoms with van der Waals surface area (Å²) in [6.07, 6.45) is 0. The maximum Gasteiger partial charge on any atom is 0.238 e. The second-order valence-electron chi connectivity index (χ2n) is 6.43. The summed E-state index contributed by atoms with van der Waals surface area (Å²) in [4.78, 5) is 12.5. The van der Waals surface area contributed by atoms with E-state index in [0.29, 0.717) is 0 Å². The van der Waals surface area contributed by atoms with Gasteiger partial charge in [0.25, 0.3) is 0 Å². The minimum atomic E-state index is -0.0458. The standard InChI is InChI=1S/C23H24N2O/c1-17-10-9-15-21(18(17)2)25-22(26)16-24-23(19-11-5-3-6-12-19)20-13-7-4-8-14-20/h3-15,23-24H,16H2,1-2H3,(H,25,26). The molecule has 0 saturated carbocycles. The van der Waals surface area contributed by atoms with Crippen molar-refractivity contribution < 1.29 is 4.79 Å². The lowest BCUT2D eigenvalue weighted by atomic mass is 9.99. The molecule has 0 spiro atoms. The molecule has 3 aromatic rings. The lowest BCUT2D eigenvalue weighted by molar-refractivity contribution is -0.115. The van der Waals surface area contributed by atoms with Crippen LogP contribution in [0.5, 0.6) is 0 Å². The molecule has 3 nitrogen and oxygen atoms in total. The van der Waals surface area contributed by atoms with Crippen LogP contribution in [-0.2, 0) is 4.79 Å². The summed E-state index contributed by atoms with van der Waals surface area (Å²) in [5.41, 5.74) is 5.41. The van der Waals surface area contributed by atoms with E-state index in [1.54, 1.807) is 0 Å². The number of hydrogen-bond acceptors (Lipinski definition) is 2. The summed E-state index contributed by atoms with van der Waals surface area (Å²) in [6, 6.07) is 26.3. The van der Waals surface area contributed by atoms with E-state index in [1.807, 2.05) is 68.4 Å². The van der Waals surface area contributed by atoms with Gasteiger partial charge in [-0.05, 0) is 42.2 Å². The van der Waals surface area contributed by atoms with Crippen LogP contribution in [0.25, 0.3) is 0 Å². The number of carbonyl (C=O) groups is 1. The number of hydrogen-bond donors (Lipinski definition) is 2. The van der Waals surface area contributed by atoms with E-state index in [4.69, 9.17) is 0 Å². The van der Waals surface area contributed by atoms with Crippen molar-refractivity contribution in [2.75, 3.05) is 11.9 Å². The van der Waals surface area contributed by atoms with Crippen LogP contribution in [0.1, 0.15) is 28.3 Å². The molecule has 26 heavy (non-hydrogen) atoms. The maximum absolute atomic E-state index is 12.5. The normalized spacial score (nSPS) is 10.7. The van der Waals surface area contributed by atoms with E-state index in [0.717, 1.165) is 22.4 Å². The fourth-order valence-corrected chi connectivity index (χ4v) is 2.99. The first kappa shape index (κ1) is 17.9. The van der Waals surface area contributed by atoms with Crippen LogP contribution in [0.3, 0.4) is 0 Å². The zero-order valence-electron chi connectivity index (χ0n) is 15.2. The van der Waals surface area contributed by atoms with Gasteiger partial charge in [0, 0.05) is 5.69 Å². The molecule has 0 radical (unpaired) electrons. The summed E-state index contributed by atoms with van der Waals surface area (Å²) in [5, 5.41) is 6.40. The van der Waals surface area contributed by atoms with Crippen molar-refractivity contribution >= 4 is 11.6 Å². The van der Waals surface area contributed by atoms with Gasteiger partial charge in [-0.15, -0.1) is 0 Å². The van der Waals surface area contributed by atoms with Gasteiger partial charge < -0.3 is 5.32 Å². The quantitative estimate of drug-likeness (QED) is 0.685. The number of nitrogens with one attached hydrogen (secondary N) is 2. The van der Waals surface area contributed by atoms with E-state index in [1.165, 1.54) is 5.56 Å². The Hall–Kier alpha value is -2.91. The second-order valence-corrected chi connectivity index (χ2v) is 6.43. The SMILES string of the molecule is Cc1cccc(NC(=O)CNC(c2ccccc2)c2ccccc2)c1C. The van der Waals surface area contributed by atoms with Crippen molar-refractivity contribution in [2.24, 2.45) is 0 Å². The van der Waals surface area contributed by atoms with E-state index < -0.39 is 0 Å². The zero-order valence-corrected chi connectivity index (χ0v) is 15.2. The Kier molecular flexibility index (Phi) is 5.82.